The first-order chi connectivity index (χ1) is 11.8. The van der Waals surface area contributed by atoms with Crippen LogP contribution in [0.1, 0.15) is 27.4 Å². The lowest BCUT2D eigenvalue weighted by atomic mass is 10.0. The molecular formula is C21H12O3. The van der Waals surface area contributed by atoms with Crippen molar-refractivity contribution in [2.24, 2.45) is 0 Å². The number of fused-ring (bicyclic) bond motifs is 2. The van der Waals surface area contributed by atoms with E-state index in [0.29, 0.717) is 17.1 Å². The van der Waals surface area contributed by atoms with Crippen LogP contribution in [0.2, 0.25) is 0 Å². The second-order valence-corrected chi connectivity index (χ2v) is 5.78. The first kappa shape index (κ1) is 13.1. The topological polar surface area (TPSA) is 43.4 Å². The molecule has 0 unspecified atom stereocenters. The molecule has 0 atom stereocenters. The molecule has 2 aromatic carbocycles. The lowest BCUT2D eigenvalue weighted by molar-refractivity contribution is 0.103. The van der Waals surface area contributed by atoms with Crippen molar-refractivity contribution in [3.05, 3.63) is 95.8 Å². The minimum Gasteiger partial charge on any atom is -0.464 e. The number of ketones is 1. The molecule has 3 nitrogen and oxygen atoms in total. The highest BCUT2D eigenvalue weighted by Crippen LogP contribution is 2.49. The van der Waals surface area contributed by atoms with Gasteiger partial charge in [0.05, 0.1) is 18.1 Å². The van der Waals surface area contributed by atoms with Gasteiger partial charge < -0.3 is 8.83 Å². The molecule has 0 spiro atoms. The minimum atomic E-state index is -0.162. The zero-order chi connectivity index (χ0) is 16.1. The molecule has 0 aliphatic heterocycles. The third-order valence-electron chi connectivity index (χ3n) is 4.35. The van der Waals surface area contributed by atoms with E-state index in [1.54, 1.807) is 24.5 Å². The summed E-state index contributed by atoms with van der Waals surface area (Å²) < 4.78 is 10.8. The number of carbonyl (C=O) groups is 1. The summed E-state index contributed by atoms with van der Waals surface area (Å²) in [6.07, 6.45) is 3.08. The van der Waals surface area contributed by atoms with E-state index in [0.717, 1.165) is 27.5 Å². The molecule has 0 bridgehead atoms. The molecule has 0 radical (unpaired) electrons. The Bertz CT molecular complexity index is 1050. The van der Waals surface area contributed by atoms with Crippen molar-refractivity contribution in [3.8, 4) is 0 Å². The molecule has 24 heavy (non-hydrogen) atoms. The van der Waals surface area contributed by atoms with E-state index in [9.17, 15) is 4.79 Å². The van der Waals surface area contributed by atoms with Gasteiger partial charge in [0.1, 0.15) is 5.76 Å². The molecule has 0 N–H and O–H groups in total. The number of furan rings is 2. The lowest BCUT2D eigenvalue weighted by Crippen LogP contribution is -2.00. The maximum Gasteiger partial charge on any atom is 0.232 e. The average Bonchev–Trinajstić information content (AvgIpc) is 3.08. The quantitative estimate of drug-likeness (QED) is 0.340. The van der Waals surface area contributed by atoms with Crippen LogP contribution in [0.4, 0.5) is 0 Å². The summed E-state index contributed by atoms with van der Waals surface area (Å²) in [5.74, 6) is 0.716. The Morgan fingerprint density at radius 2 is 1.29 bits per heavy atom. The van der Waals surface area contributed by atoms with Crippen LogP contribution in [-0.2, 0) is 0 Å². The number of benzene rings is 2. The molecule has 0 saturated heterocycles. The summed E-state index contributed by atoms with van der Waals surface area (Å²) in [4.78, 5) is 12.9. The Kier molecular flexibility index (Phi) is 2.65. The van der Waals surface area contributed by atoms with Crippen LogP contribution in [-0.4, -0.2) is 5.78 Å². The Hall–Kier alpha value is -3.33. The van der Waals surface area contributed by atoms with E-state index in [4.69, 9.17) is 8.83 Å². The molecule has 2 heterocycles. The maximum atomic E-state index is 12.9. The second-order valence-electron chi connectivity index (χ2n) is 5.78. The minimum absolute atomic E-state index is 0.162. The van der Waals surface area contributed by atoms with Crippen LogP contribution in [0, 0.1) is 0 Å². The summed E-state index contributed by atoms with van der Waals surface area (Å²) in [6.45, 7) is 0. The summed E-state index contributed by atoms with van der Waals surface area (Å²) in [5.41, 5.74) is 3.70. The molecule has 0 saturated carbocycles. The molecule has 114 valence electrons. The van der Waals surface area contributed by atoms with Crippen LogP contribution in [0.15, 0.2) is 82.0 Å². The van der Waals surface area contributed by atoms with Gasteiger partial charge in [0.2, 0.25) is 5.78 Å². The number of carbonyl (C=O) groups excluding carboxylic acids is 1. The SMILES string of the molecule is O=C(C(=C1c2cc3ccccc3cc21)c1ccco1)c1ccco1. The molecule has 1 aliphatic rings. The normalized spacial score (nSPS) is 12.2. The summed E-state index contributed by atoms with van der Waals surface area (Å²) in [5, 5.41) is 2.32. The van der Waals surface area contributed by atoms with Gasteiger partial charge >= 0.3 is 0 Å². The molecule has 3 heteroatoms. The van der Waals surface area contributed by atoms with Gasteiger partial charge in [-0.2, -0.15) is 0 Å². The highest BCUT2D eigenvalue weighted by atomic mass is 16.3. The fourth-order valence-electron chi connectivity index (χ4n) is 3.17. The molecular weight excluding hydrogens is 300 g/mol. The fraction of sp³-hybridized carbons (Fsp3) is 0. The van der Waals surface area contributed by atoms with E-state index in [-0.39, 0.29) is 5.78 Å². The summed E-state index contributed by atoms with van der Waals surface area (Å²) in [7, 11) is 0. The molecule has 1 aliphatic carbocycles. The zero-order valence-electron chi connectivity index (χ0n) is 12.7. The van der Waals surface area contributed by atoms with Crippen molar-refractivity contribution >= 4 is 27.7 Å². The van der Waals surface area contributed by atoms with Crippen molar-refractivity contribution in [1.82, 2.24) is 0 Å². The molecule has 4 aromatic rings. The van der Waals surface area contributed by atoms with Crippen molar-refractivity contribution in [2.75, 3.05) is 0 Å². The number of hydrogen-bond donors (Lipinski definition) is 0. The van der Waals surface area contributed by atoms with Gasteiger partial charge in [-0.3, -0.25) is 4.79 Å². The zero-order valence-corrected chi connectivity index (χ0v) is 12.7. The van der Waals surface area contributed by atoms with E-state index < -0.39 is 0 Å². The van der Waals surface area contributed by atoms with E-state index in [1.807, 2.05) is 18.2 Å². The third-order valence-corrected chi connectivity index (χ3v) is 4.35. The Morgan fingerprint density at radius 1 is 0.708 bits per heavy atom. The number of Topliss-reactive ketones (excluding diaryl/α,β-unsaturated/α-hetero) is 1. The van der Waals surface area contributed by atoms with Gasteiger partial charge in [0.25, 0.3) is 0 Å². The lowest BCUT2D eigenvalue weighted by Gasteiger charge is -2.00. The first-order valence-electron chi connectivity index (χ1n) is 7.73. The van der Waals surface area contributed by atoms with E-state index in [2.05, 4.69) is 24.3 Å². The van der Waals surface area contributed by atoms with Crippen molar-refractivity contribution < 1.29 is 13.6 Å². The van der Waals surface area contributed by atoms with E-state index >= 15 is 0 Å². The summed E-state index contributed by atoms with van der Waals surface area (Å²) >= 11 is 0. The van der Waals surface area contributed by atoms with Gasteiger partial charge in [0.15, 0.2) is 5.76 Å². The van der Waals surface area contributed by atoms with Crippen molar-refractivity contribution in [2.45, 2.75) is 0 Å². The summed E-state index contributed by atoms with van der Waals surface area (Å²) in [6, 6.07) is 19.4. The first-order valence-corrected chi connectivity index (χ1v) is 7.73. The Balaban J connectivity index is 1.73. The van der Waals surface area contributed by atoms with Crippen LogP contribution >= 0.6 is 0 Å². The second kappa shape index (κ2) is 4.83. The fourth-order valence-corrected chi connectivity index (χ4v) is 3.17. The third kappa shape index (κ3) is 1.88. The average molecular weight is 312 g/mol. The maximum absolute atomic E-state index is 12.9. The highest BCUT2D eigenvalue weighted by Gasteiger charge is 2.35. The highest BCUT2D eigenvalue weighted by molar-refractivity contribution is 6.38. The predicted molar refractivity (Wildman–Crippen MR) is 91.6 cm³/mol. The van der Waals surface area contributed by atoms with Crippen LogP contribution in [0.25, 0.3) is 21.9 Å². The number of allylic oxidation sites excluding steroid dienone is 1. The molecule has 0 fully saturated rings. The standard InChI is InChI=1S/C21H12O3/c22-21(18-8-4-10-24-18)20(17-7-3-9-23-17)19-15-11-13-5-1-2-6-14(13)12-16(15)19/h1-12H. The molecule has 5 rings (SSSR count). The number of rotatable bonds is 3. The smallest absolute Gasteiger partial charge is 0.232 e. The van der Waals surface area contributed by atoms with Gasteiger partial charge in [-0.25, -0.2) is 0 Å². The van der Waals surface area contributed by atoms with Crippen LogP contribution in [0.5, 0.6) is 0 Å². The molecule has 2 aromatic heterocycles. The van der Waals surface area contributed by atoms with Gasteiger partial charge in [-0.15, -0.1) is 0 Å². The van der Waals surface area contributed by atoms with Crippen LogP contribution in [0.3, 0.4) is 0 Å². The largest absolute Gasteiger partial charge is 0.464 e. The number of hydrogen-bond acceptors (Lipinski definition) is 3. The van der Waals surface area contributed by atoms with Crippen LogP contribution < -0.4 is 0 Å². The van der Waals surface area contributed by atoms with Crippen molar-refractivity contribution in [1.29, 1.82) is 0 Å². The molecule has 0 amide bonds. The van der Waals surface area contributed by atoms with Gasteiger partial charge in [-0.1, -0.05) is 24.3 Å². The monoisotopic (exact) mass is 312 g/mol. The van der Waals surface area contributed by atoms with E-state index in [1.165, 1.54) is 6.26 Å². The van der Waals surface area contributed by atoms with Crippen molar-refractivity contribution in [3.63, 3.8) is 0 Å². The Morgan fingerprint density at radius 3 is 1.83 bits per heavy atom. The van der Waals surface area contributed by atoms with Gasteiger partial charge in [0, 0.05) is 5.57 Å². The Labute approximate surface area is 137 Å². The predicted octanol–water partition coefficient (Wildman–Crippen LogP) is 5.18. The van der Waals surface area contributed by atoms with Gasteiger partial charge in [-0.05, 0) is 58.3 Å².